The normalized spacial score (nSPS) is 21.8. The van der Waals surface area contributed by atoms with Crippen molar-refractivity contribution >= 4 is 6.03 Å². The van der Waals surface area contributed by atoms with Gasteiger partial charge in [0.1, 0.15) is 5.75 Å². The second kappa shape index (κ2) is 10.4. The molecule has 2 rings (SSSR count). The summed E-state index contributed by atoms with van der Waals surface area (Å²) in [6.45, 7) is 10.8. The third-order valence-corrected chi connectivity index (χ3v) is 4.98. The maximum Gasteiger partial charge on any atom is 0.315 e. The number of para-hydroxylation sites is 1. The van der Waals surface area contributed by atoms with Gasteiger partial charge in [0.05, 0.1) is 7.11 Å². The van der Waals surface area contributed by atoms with Crippen molar-refractivity contribution in [2.24, 2.45) is 11.8 Å². The molecule has 1 aliphatic rings. The van der Waals surface area contributed by atoms with Crippen molar-refractivity contribution < 1.29 is 9.53 Å². The molecule has 2 N–H and O–H groups in total. The molecule has 1 aliphatic heterocycles. The number of amides is 2. The fourth-order valence-electron chi connectivity index (χ4n) is 4.01. The molecule has 3 atom stereocenters. The molecule has 0 radical (unpaired) electrons. The van der Waals surface area contributed by atoms with Crippen LogP contribution in [-0.2, 0) is 6.42 Å². The first-order valence-electron chi connectivity index (χ1n) is 9.86. The average molecular weight is 362 g/mol. The summed E-state index contributed by atoms with van der Waals surface area (Å²) in [5, 5.41) is 6.00. The first-order chi connectivity index (χ1) is 12.5. The predicted molar refractivity (Wildman–Crippen MR) is 107 cm³/mol. The molecule has 1 fully saturated rings. The molecule has 146 valence electrons. The van der Waals surface area contributed by atoms with Crippen LogP contribution < -0.4 is 15.4 Å². The van der Waals surface area contributed by atoms with Crippen LogP contribution in [0.3, 0.4) is 0 Å². The smallest absolute Gasteiger partial charge is 0.315 e. The minimum absolute atomic E-state index is 0.0510. The van der Waals surface area contributed by atoms with E-state index in [-0.39, 0.29) is 12.1 Å². The summed E-state index contributed by atoms with van der Waals surface area (Å²) in [5.74, 6) is 2.43. The number of rotatable bonds is 8. The largest absolute Gasteiger partial charge is 0.496 e. The number of urea groups is 1. The molecule has 0 aromatic heterocycles. The van der Waals surface area contributed by atoms with E-state index in [0.29, 0.717) is 6.54 Å². The number of hydrogen-bond donors (Lipinski definition) is 2. The highest BCUT2D eigenvalue weighted by Gasteiger charge is 2.21. The van der Waals surface area contributed by atoms with E-state index in [4.69, 9.17) is 4.74 Å². The molecular weight excluding hydrogens is 326 g/mol. The van der Waals surface area contributed by atoms with Gasteiger partial charge in [-0.3, -0.25) is 0 Å². The average Bonchev–Trinajstić information content (AvgIpc) is 2.58. The molecule has 2 amide bonds. The lowest BCUT2D eigenvalue weighted by atomic mass is 9.92. The molecule has 1 aromatic rings. The van der Waals surface area contributed by atoms with Gasteiger partial charge in [-0.1, -0.05) is 32.0 Å². The van der Waals surface area contributed by atoms with E-state index in [0.717, 1.165) is 42.5 Å². The number of piperidine rings is 1. The lowest BCUT2D eigenvalue weighted by Gasteiger charge is -2.34. The Hall–Kier alpha value is -1.75. The highest BCUT2D eigenvalue weighted by atomic mass is 16.5. The van der Waals surface area contributed by atoms with Crippen molar-refractivity contribution in [3.63, 3.8) is 0 Å². The van der Waals surface area contributed by atoms with Gasteiger partial charge in [0.15, 0.2) is 0 Å². The maximum atomic E-state index is 12.1. The number of hydrogen-bond acceptors (Lipinski definition) is 3. The maximum absolute atomic E-state index is 12.1. The Kier molecular flexibility index (Phi) is 8.23. The quantitative estimate of drug-likeness (QED) is 0.699. The molecule has 5 heteroatoms. The molecular formula is C21H35N3O2. The van der Waals surface area contributed by atoms with E-state index in [1.807, 2.05) is 31.2 Å². The van der Waals surface area contributed by atoms with Crippen LogP contribution in [0.2, 0.25) is 0 Å². The summed E-state index contributed by atoms with van der Waals surface area (Å²) < 4.78 is 5.37. The topological polar surface area (TPSA) is 53.6 Å². The SMILES string of the molecule is COc1ccccc1C[C@H](C)NC(=O)NCCCN1C[C@H](C)C[C@@H](C)C1. The van der Waals surface area contributed by atoms with Crippen LogP contribution in [-0.4, -0.2) is 50.3 Å². The molecule has 1 aromatic carbocycles. The third-order valence-electron chi connectivity index (χ3n) is 4.98. The lowest BCUT2D eigenvalue weighted by Crippen LogP contribution is -2.43. The van der Waals surface area contributed by atoms with Gasteiger partial charge >= 0.3 is 6.03 Å². The van der Waals surface area contributed by atoms with E-state index in [1.165, 1.54) is 19.5 Å². The molecule has 0 aliphatic carbocycles. The number of ether oxygens (including phenoxy) is 1. The first kappa shape index (κ1) is 20.6. The van der Waals surface area contributed by atoms with Gasteiger partial charge in [-0.15, -0.1) is 0 Å². The molecule has 0 spiro atoms. The van der Waals surface area contributed by atoms with Crippen molar-refractivity contribution in [2.45, 2.75) is 46.1 Å². The van der Waals surface area contributed by atoms with Gasteiger partial charge in [0, 0.05) is 25.7 Å². The Balaban J connectivity index is 1.64. The Morgan fingerprint density at radius 1 is 1.27 bits per heavy atom. The Morgan fingerprint density at radius 3 is 2.65 bits per heavy atom. The summed E-state index contributed by atoms with van der Waals surface area (Å²) in [4.78, 5) is 14.6. The highest BCUT2D eigenvalue weighted by molar-refractivity contribution is 5.74. The zero-order chi connectivity index (χ0) is 18.9. The van der Waals surface area contributed by atoms with Crippen molar-refractivity contribution in [2.75, 3.05) is 33.3 Å². The van der Waals surface area contributed by atoms with E-state index in [9.17, 15) is 4.79 Å². The fourth-order valence-corrected chi connectivity index (χ4v) is 4.01. The standard InChI is InChI=1S/C21H35N3O2/c1-16-12-17(2)15-24(14-16)11-7-10-22-21(25)23-18(3)13-19-8-5-6-9-20(19)26-4/h5-6,8-9,16-18H,7,10-15H2,1-4H3,(H2,22,23,25)/t16-,17-,18+/m1/s1. The van der Waals surface area contributed by atoms with Crippen LogP contribution in [0, 0.1) is 11.8 Å². The molecule has 0 unspecified atom stereocenters. The number of benzene rings is 1. The zero-order valence-electron chi connectivity index (χ0n) is 16.8. The van der Waals surface area contributed by atoms with Crippen molar-refractivity contribution in [1.29, 1.82) is 0 Å². The molecule has 1 heterocycles. The molecule has 0 bridgehead atoms. The van der Waals surface area contributed by atoms with E-state index in [2.05, 4.69) is 29.4 Å². The van der Waals surface area contributed by atoms with Crippen LogP contribution in [0.4, 0.5) is 4.79 Å². The van der Waals surface area contributed by atoms with Gasteiger partial charge in [-0.25, -0.2) is 4.79 Å². The predicted octanol–water partition coefficient (Wildman–Crippen LogP) is 3.29. The number of carbonyl (C=O) groups excluding carboxylic acids is 1. The fraction of sp³-hybridized carbons (Fsp3) is 0.667. The van der Waals surface area contributed by atoms with Gasteiger partial charge in [0.2, 0.25) is 0 Å². The van der Waals surface area contributed by atoms with Crippen molar-refractivity contribution in [3.8, 4) is 5.75 Å². The van der Waals surface area contributed by atoms with Gasteiger partial charge in [-0.2, -0.15) is 0 Å². The number of likely N-dealkylation sites (tertiary alicyclic amines) is 1. The van der Waals surface area contributed by atoms with Crippen LogP contribution in [0.15, 0.2) is 24.3 Å². The van der Waals surface area contributed by atoms with E-state index >= 15 is 0 Å². The number of nitrogens with zero attached hydrogens (tertiary/aromatic N) is 1. The minimum Gasteiger partial charge on any atom is -0.496 e. The molecule has 0 saturated carbocycles. The molecule has 1 saturated heterocycles. The monoisotopic (exact) mass is 361 g/mol. The van der Waals surface area contributed by atoms with E-state index in [1.54, 1.807) is 7.11 Å². The summed E-state index contributed by atoms with van der Waals surface area (Å²) in [6.07, 6.45) is 3.08. The van der Waals surface area contributed by atoms with Crippen LogP contribution in [0.1, 0.15) is 39.2 Å². The lowest BCUT2D eigenvalue weighted by molar-refractivity contribution is 0.139. The minimum atomic E-state index is -0.0900. The Bertz CT molecular complexity index is 554. The van der Waals surface area contributed by atoms with Crippen LogP contribution in [0.5, 0.6) is 5.75 Å². The summed E-state index contributed by atoms with van der Waals surface area (Å²) in [5.41, 5.74) is 1.11. The highest BCUT2D eigenvalue weighted by Crippen LogP contribution is 2.21. The van der Waals surface area contributed by atoms with Crippen molar-refractivity contribution in [3.05, 3.63) is 29.8 Å². The first-order valence-corrected chi connectivity index (χ1v) is 9.86. The molecule has 5 nitrogen and oxygen atoms in total. The van der Waals surface area contributed by atoms with Crippen LogP contribution >= 0.6 is 0 Å². The number of carbonyl (C=O) groups is 1. The second-order valence-corrected chi connectivity index (χ2v) is 7.88. The molecule has 26 heavy (non-hydrogen) atoms. The number of methoxy groups -OCH3 is 1. The summed E-state index contributed by atoms with van der Waals surface area (Å²) >= 11 is 0. The second-order valence-electron chi connectivity index (χ2n) is 7.88. The number of nitrogens with one attached hydrogen (secondary N) is 2. The zero-order valence-corrected chi connectivity index (χ0v) is 16.8. The summed E-state index contributed by atoms with van der Waals surface area (Å²) in [6, 6.07) is 7.90. The Morgan fingerprint density at radius 2 is 1.96 bits per heavy atom. The van der Waals surface area contributed by atoms with E-state index < -0.39 is 0 Å². The van der Waals surface area contributed by atoms with Crippen molar-refractivity contribution in [1.82, 2.24) is 15.5 Å². The van der Waals surface area contributed by atoms with Gasteiger partial charge < -0.3 is 20.3 Å². The van der Waals surface area contributed by atoms with Crippen LogP contribution in [0.25, 0.3) is 0 Å². The third kappa shape index (κ3) is 6.87. The van der Waals surface area contributed by atoms with Gasteiger partial charge in [0.25, 0.3) is 0 Å². The Labute approximate surface area is 158 Å². The summed E-state index contributed by atoms with van der Waals surface area (Å²) in [7, 11) is 1.67. The van der Waals surface area contributed by atoms with Gasteiger partial charge in [-0.05, 0) is 56.2 Å².